The second-order valence-corrected chi connectivity index (χ2v) is 3.76. The summed E-state index contributed by atoms with van der Waals surface area (Å²) in [5.74, 6) is -3.34. The maximum atomic E-state index is 13.4. The highest BCUT2D eigenvalue weighted by atomic mass is 19.1. The highest BCUT2D eigenvalue weighted by molar-refractivity contribution is 6.13. The maximum absolute atomic E-state index is 13.4. The van der Waals surface area contributed by atoms with Crippen molar-refractivity contribution in [3.05, 3.63) is 35.6 Å². The molecule has 0 saturated heterocycles. The van der Waals surface area contributed by atoms with Gasteiger partial charge in [-0.1, -0.05) is 26.0 Å². The van der Waals surface area contributed by atoms with Crippen LogP contribution in [0, 0.1) is 11.7 Å². The highest BCUT2D eigenvalue weighted by Crippen LogP contribution is 2.14. The van der Waals surface area contributed by atoms with E-state index in [0.717, 1.165) is 12.1 Å². The van der Waals surface area contributed by atoms with Crippen molar-refractivity contribution in [1.82, 2.24) is 0 Å². The molecule has 4 heteroatoms. The van der Waals surface area contributed by atoms with Crippen LogP contribution in [0.4, 0.5) is 8.78 Å². The standard InChI is InChI=1S/C12H12F2O2/c1-7(2)11(15)10(14)12(16)8-5-3-4-6-9(8)13/h3-7,10H,1-2H3. The summed E-state index contributed by atoms with van der Waals surface area (Å²) in [5, 5.41) is 0. The minimum absolute atomic E-state index is 0.385. The van der Waals surface area contributed by atoms with Gasteiger partial charge in [0.1, 0.15) is 5.82 Å². The van der Waals surface area contributed by atoms with Gasteiger partial charge >= 0.3 is 0 Å². The van der Waals surface area contributed by atoms with Crippen molar-refractivity contribution in [3.63, 3.8) is 0 Å². The molecule has 1 rings (SSSR count). The van der Waals surface area contributed by atoms with Gasteiger partial charge in [-0.3, -0.25) is 9.59 Å². The van der Waals surface area contributed by atoms with Crippen LogP contribution in [-0.2, 0) is 4.79 Å². The summed E-state index contributed by atoms with van der Waals surface area (Å²) in [6, 6.07) is 5.03. The molecule has 1 aromatic carbocycles. The fourth-order valence-electron chi connectivity index (χ4n) is 1.22. The molecule has 0 aromatic heterocycles. The zero-order valence-corrected chi connectivity index (χ0v) is 9.04. The van der Waals surface area contributed by atoms with Gasteiger partial charge < -0.3 is 0 Å². The summed E-state index contributed by atoms with van der Waals surface area (Å²) in [4.78, 5) is 22.7. The lowest BCUT2D eigenvalue weighted by atomic mass is 9.98. The number of hydrogen-bond acceptors (Lipinski definition) is 2. The topological polar surface area (TPSA) is 34.1 Å². The molecule has 16 heavy (non-hydrogen) atoms. The number of rotatable bonds is 4. The minimum Gasteiger partial charge on any atom is -0.296 e. The lowest BCUT2D eigenvalue weighted by Gasteiger charge is -2.09. The Labute approximate surface area is 92.3 Å². The zero-order chi connectivity index (χ0) is 12.3. The van der Waals surface area contributed by atoms with Gasteiger partial charge in [-0.15, -0.1) is 0 Å². The predicted molar refractivity (Wildman–Crippen MR) is 55.5 cm³/mol. The molecule has 0 amide bonds. The van der Waals surface area contributed by atoms with E-state index < -0.39 is 29.5 Å². The summed E-state index contributed by atoms with van der Waals surface area (Å²) >= 11 is 0. The van der Waals surface area contributed by atoms with Crippen LogP contribution in [0.2, 0.25) is 0 Å². The molecule has 0 heterocycles. The fourth-order valence-corrected chi connectivity index (χ4v) is 1.22. The van der Waals surface area contributed by atoms with Crippen LogP contribution in [-0.4, -0.2) is 17.7 Å². The summed E-state index contributed by atoms with van der Waals surface area (Å²) in [6.07, 6.45) is -2.28. The number of benzene rings is 1. The molecule has 1 unspecified atom stereocenters. The normalized spacial score (nSPS) is 12.6. The molecular weight excluding hydrogens is 214 g/mol. The van der Waals surface area contributed by atoms with Gasteiger partial charge in [0.25, 0.3) is 0 Å². The van der Waals surface area contributed by atoms with E-state index in [0.29, 0.717) is 0 Å². The van der Waals surface area contributed by atoms with Crippen LogP contribution in [0.1, 0.15) is 24.2 Å². The molecule has 0 radical (unpaired) electrons. The Morgan fingerprint density at radius 3 is 2.25 bits per heavy atom. The van der Waals surface area contributed by atoms with Gasteiger partial charge in [0.2, 0.25) is 12.0 Å². The van der Waals surface area contributed by atoms with Crippen LogP contribution < -0.4 is 0 Å². The first-order chi connectivity index (χ1) is 7.45. The van der Waals surface area contributed by atoms with Crippen LogP contribution in [0.15, 0.2) is 24.3 Å². The maximum Gasteiger partial charge on any atom is 0.221 e. The summed E-state index contributed by atoms with van der Waals surface area (Å²) in [5.41, 5.74) is -0.385. The zero-order valence-electron chi connectivity index (χ0n) is 9.04. The number of carbonyl (C=O) groups excluding carboxylic acids is 2. The first-order valence-electron chi connectivity index (χ1n) is 4.91. The smallest absolute Gasteiger partial charge is 0.221 e. The molecule has 2 nitrogen and oxygen atoms in total. The average molecular weight is 226 g/mol. The van der Waals surface area contributed by atoms with E-state index in [1.807, 2.05) is 0 Å². The molecule has 86 valence electrons. The van der Waals surface area contributed by atoms with Gasteiger partial charge in [0.05, 0.1) is 5.56 Å². The summed E-state index contributed by atoms with van der Waals surface area (Å²) < 4.78 is 26.6. The summed E-state index contributed by atoms with van der Waals surface area (Å²) in [6.45, 7) is 2.98. The summed E-state index contributed by atoms with van der Waals surface area (Å²) in [7, 11) is 0. The fraction of sp³-hybridized carbons (Fsp3) is 0.333. The Bertz CT molecular complexity index is 413. The molecule has 1 atom stereocenters. The average Bonchev–Trinajstić information content (AvgIpc) is 2.26. The van der Waals surface area contributed by atoms with Gasteiger partial charge in [0, 0.05) is 5.92 Å². The van der Waals surface area contributed by atoms with Gasteiger partial charge in [-0.25, -0.2) is 8.78 Å². The lowest BCUT2D eigenvalue weighted by molar-refractivity contribution is -0.125. The van der Waals surface area contributed by atoms with Gasteiger partial charge in [-0.05, 0) is 12.1 Å². The van der Waals surface area contributed by atoms with E-state index in [2.05, 4.69) is 0 Å². The first-order valence-corrected chi connectivity index (χ1v) is 4.91. The molecule has 0 aliphatic rings. The van der Waals surface area contributed by atoms with Crippen molar-refractivity contribution < 1.29 is 18.4 Å². The number of ketones is 2. The quantitative estimate of drug-likeness (QED) is 0.584. The molecule has 0 aliphatic heterocycles. The van der Waals surface area contributed by atoms with Crippen molar-refractivity contribution in [1.29, 1.82) is 0 Å². The van der Waals surface area contributed by atoms with Crippen molar-refractivity contribution >= 4 is 11.6 Å². The number of Topliss-reactive ketones (excluding diaryl/α,β-unsaturated/α-hetero) is 2. The molecule has 0 aliphatic carbocycles. The third-order valence-electron chi connectivity index (χ3n) is 2.19. The van der Waals surface area contributed by atoms with Gasteiger partial charge in [0.15, 0.2) is 5.78 Å². The molecule has 0 saturated carbocycles. The second kappa shape index (κ2) is 4.96. The monoisotopic (exact) mass is 226 g/mol. The Morgan fingerprint density at radius 1 is 1.19 bits per heavy atom. The van der Waals surface area contributed by atoms with E-state index in [9.17, 15) is 18.4 Å². The van der Waals surface area contributed by atoms with Crippen LogP contribution >= 0.6 is 0 Å². The first kappa shape index (κ1) is 12.5. The van der Waals surface area contributed by atoms with Crippen molar-refractivity contribution in [2.45, 2.75) is 20.0 Å². The minimum atomic E-state index is -2.28. The SMILES string of the molecule is CC(C)C(=O)C(F)C(=O)c1ccccc1F. The molecule has 0 bridgehead atoms. The van der Waals surface area contributed by atoms with E-state index in [-0.39, 0.29) is 5.56 Å². The van der Waals surface area contributed by atoms with Crippen molar-refractivity contribution in [2.75, 3.05) is 0 Å². The number of alkyl halides is 1. The molecular formula is C12H12F2O2. The second-order valence-electron chi connectivity index (χ2n) is 3.76. The van der Waals surface area contributed by atoms with Crippen molar-refractivity contribution in [2.24, 2.45) is 5.92 Å². The number of carbonyl (C=O) groups is 2. The number of halogens is 2. The van der Waals surface area contributed by atoms with E-state index >= 15 is 0 Å². The largest absolute Gasteiger partial charge is 0.296 e. The number of hydrogen-bond donors (Lipinski definition) is 0. The molecule has 0 fully saturated rings. The van der Waals surface area contributed by atoms with Crippen LogP contribution in [0.25, 0.3) is 0 Å². The lowest BCUT2D eigenvalue weighted by Crippen LogP contribution is -2.29. The van der Waals surface area contributed by atoms with E-state index in [4.69, 9.17) is 0 Å². The Kier molecular flexibility index (Phi) is 3.88. The third-order valence-corrected chi connectivity index (χ3v) is 2.19. The van der Waals surface area contributed by atoms with Gasteiger partial charge in [-0.2, -0.15) is 0 Å². The van der Waals surface area contributed by atoms with Crippen LogP contribution in [0.3, 0.4) is 0 Å². The Morgan fingerprint density at radius 2 is 1.75 bits per heavy atom. The highest BCUT2D eigenvalue weighted by Gasteiger charge is 2.30. The Balaban J connectivity index is 2.95. The molecule has 1 aromatic rings. The molecule has 0 N–H and O–H groups in total. The Hall–Kier alpha value is -1.58. The van der Waals surface area contributed by atoms with E-state index in [1.54, 1.807) is 0 Å². The van der Waals surface area contributed by atoms with Crippen LogP contribution in [0.5, 0.6) is 0 Å². The van der Waals surface area contributed by atoms with E-state index in [1.165, 1.54) is 26.0 Å². The molecule has 0 spiro atoms. The third kappa shape index (κ3) is 2.51. The van der Waals surface area contributed by atoms with Crippen molar-refractivity contribution in [3.8, 4) is 0 Å². The predicted octanol–water partition coefficient (Wildman–Crippen LogP) is 2.57.